The number of hydrogen-bond donors (Lipinski definition) is 0. The van der Waals surface area contributed by atoms with Gasteiger partial charge in [-0.1, -0.05) is 182 Å². The minimum Gasteiger partial charge on any atom is -0.455 e. The van der Waals surface area contributed by atoms with E-state index < -0.39 is 0 Å². The molecule has 2 heteroatoms. The highest BCUT2D eigenvalue weighted by Crippen LogP contribution is 2.47. The maximum absolute atomic E-state index is 6.67. The van der Waals surface area contributed by atoms with Gasteiger partial charge in [-0.2, -0.15) is 0 Å². The molecule has 0 fully saturated rings. The second kappa shape index (κ2) is 14.1. The average Bonchev–Trinajstić information content (AvgIpc) is 3.70. The van der Waals surface area contributed by atoms with Crippen LogP contribution in [0.3, 0.4) is 0 Å². The van der Waals surface area contributed by atoms with Gasteiger partial charge in [-0.3, -0.25) is 0 Å². The highest BCUT2D eigenvalue weighted by atomic mass is 16.3. The molecule has 0 bridgehead atoms. The van der Waals surface area contributed by atoms with Crippen molar-refractivity contribution in [3.8, 4) is 44.5 Å². The minimum atomic E-state index is 0.880. The summed E-state index contributed by atoms with van der Waals surface area (Å²) in [6.45, 7) is 0. The number of fused-ring (bicyclic) bond motifs is 6. The predicted octanol–water partition coefficient (Wildman–Crippen LogP) is 16.0. The quantitative estimate of drug-likeness (QED) is 0.162. The second-order valence-corrected chi connectivity index (χ2v) is 14.9. The first-order valence-corrected chi connectivity index (χ1v) is 19.8. The van der Waals surface area contributed by atoms with Crippen molar-refractivity contribution in [1.29, 1.82) is 0 Å². The van der Waals surface area contributed by atoms with Gasteiger partial charge in [0.1, 0.15) is 11.2 Å². The lowest BCUT2D eigenvalue weighted by Crippen LogP contribution is -2.12. The lowest BCUT2D eigenvalue weighted by molar-refractivity contribution is 0.673. The van der Waals surface area contributed by atoms with Crippen molar-refractivity contribution in [1.82, 2.24) is 0 Å². The van der Waals surface area contributed by atoms with Crippen LogP contribution in [0.25, 0.3) is 88.0 Å². The Kier molecular flexibility index (Phi) is 8.19. The molecule has 272 valence electrons. The van der Waals surface area contributed by atoms with Crippen LogP contribution in [0, 0.1) is 0 Å². The van der Waals surface area contributed by atoms with Gasteiger partial charge in [0.25, 0.3) is 0 Å². The zero-order valence-electron chi connectivity index (χ0n) is 31.7. The summed E-state index contributed by atoms with van der Waals surface area (Å²) in [5, 5.41) is 7.04. The van der Waals surface area contributed by atoms with E-state index in [1.54, 1.807) is 0 Å². The molecule has 0 saturated heterocycles. The summed E-state index contributed by atoms with van der Waals surface area (Å²) >= 11 is 0. The molecule has 0 spiro atoms. The molecule has 0 unspecified atom stereocenters. The summed E-state index contributed by atoms with van der Waals surface area (Å²) in [5.41, 5.74) is 14.4. The summed E-state index contributed by atoms with van der Waals surface area (Å²) in [4.78, 5) is 2.42. The van der Waals surface area contributed by atoms with Crippen molar-refractivity contribution in [2.24, 2.45) is 0 Å². The Hall–Kier alpha value is -7.68. The van der Waals surface area contributed by atoms with Gasteiger partial charge in [0.15, 0.2) is 0 Å². The molecule has 10 aromatic carbocycles. The summed E-state index contributed by atoms with van der Waals surface area (Å²) in [7, 11) is 0. The number of furan rings is 1. The lowest BCUT2D eigenvalue weighted by Gasteiger charge is -2.30. The normalized spacial score (nSPS) is 11.4. The van der Waals surface area contributed by atoms with Gasteiger partial charge >= 0.3 is 0 Å². The van der Waals surface area contributed by atoms with Crippen molar-refractivity contribution < 1.29 is 4.42 Å². The highest BCUT2D eigenvalue weighted by Gasteiger charge is 2.23. The molecule has 0 aliphatic carbocycles. The number of anilines is 3. The Morgan fingerprint density at radius 1 is 0.310 bits per heavy atom. The van der Waals surface area contributed by atoms with Crippen LogP contribution in [-0.2, 0) is 0 Å². The van der Waals surface area contributed by atoms with Crippen LogP contribution >= 0.6 is 0 Å². The average molecular weight is 740 g/mol. The van der Waals surface area contributed by atoms with Crippen LogP contribution in [0.1, 0.15) is 0 Å². The van der Waals surface area contributed by atoms with E-state index in [-0.39, 0.29) is 0 Å². The van der Waals surface area contributed by atoms with Gasteiger partial charge in [-0.05, 0) is 92.0 Å². The Balaban J connectivity index is 1.05. The molecular formula is C56H37NO. The van der Waals surface area contributed by atoms with Gasteiger partial charge in [-0.15, -0.1) is 0 Å². The molecule has 0 amide bonds. The molecule has 0 aliphatic heterocycles. The third-order valence-electron chi connectivity index (χ3n) is 11.5. The fraction of sp³-hybridized carbons (Fsp3) is 0. The lowest BCUT2D eigenvalue weighted by atomic mass is 9.95. The van der Waals surface area contributed by atoms with Gasteiger partial charge in [0.05, 0.1) is 11.4 Å². The molecule has 0 radical (unpaired) electrons. The van der Waals surface area contributed by atoms with Crippen molar-refractivity contribution in [2.45, 2.75) is 0 Å². The van der Waals surface area contributed by atoms with E-state index in [9.17, 15) is 0 Å². The number of hydrogen-bond acceptors (Lipinski definition) is 2. The van der Waals surface area contributed by atoms with E-state index in [1.807, 2.05) is 0 Å². The molecule has 0 aliphatic rings. The van der Waals surface area contributed by atoms with E-state index in [0.29, 0.717) is 0 Å². The first-order valence-electron chi connectivity index (χ1n) is 19.8. The maximum Gasteiger partial charge on any atom is 0.143 e. The van der Waals surface area contributed by atoms with Crippen LogP contribution in [0.2, 0.25) is 0 Å². The number of benzene rings is 10. The Bertz CT molecular complexity index is 3270. The van der Waals surface area contributed by atoms with Gasteiger partial charge in [0.2, 0.25) is 0 Å². The van der Waals surface area contributed by atoms with E-state index in [0.717, 1.165) is 61.1 Å². The molecule has 2 nitrogen and oxygen atoms in total. The first-order chi connectivity index (χ1) is 28.8. The standard InChI is InChI=1S/C56H37NO/c1-2-14-42(15-3-1)47-18-8-10-22-52(47)57(46-34-31-40(32-35-46)39-25-27-41(28-26-39)45-30-29-38-13-4-5-17-44(38)37-45)53-23-11-9-20-49(53)50-21-12-24-54-55(50)51-36-33-43-16-6-7-19-48(43)56(51)58-54/h1-37H. The molecule has 11 rings (SSSR count). The van der Waals surface area contributed by atoms with Crippen molar-refractivity contribution >= 4 is 60.5 Å². The Labute approximate surface area is 337 Å². The molecule has 58 heavy (non-hydrogen) atoms. The zero-order valence-corrected chi connectivity index (χ0v) is 31.7. The van der Waals surface area contributed by atoms with Crippen molar-refractivity contribution in [3.05, 3.63) is 224 Å². The Morgan fingerprint density at radius 3 is 1.64 bits per heavy atom. The third-order valence-corrected chi connectivity index (χ3v) is 11.5. The number of nitrogens with zero attached hydrogens (tertiary/aromatic N) is 1. The highest BCUT2D eigenvalue weighted by molar-refractivity contribution is 6.19. The largest absolute Gasteiger partial charge is 0.455 e. The van der Waals surface area contributed by atoms with Crippen LogP contribution < -0.4 is 4.90 Å². The SMILES string of the molecule is c1ccc(-c2ccccc2N(c2ccc(-c3ccc(-c4ccc5ccccc5c4)cc3)cc2)c2ccccc2-c2cccc3oc4c5ccccc5ccc4c23)cc1. The maximum atomic E-state index is 6.67. The van der Waals surface area contributed by atoms with Crippen molar-refractivity contribution in [2.75, 3.05) is 4.90 Å². The Morgan fingerprint density at radius 2 is 0.862 bits per heavy atom. The fourth-order valence-corrected chi connectivity index (χ4v) is 8.64. The molecule has 1 aromatic heterocycles. The topological polar surface area (TPSA) is 16.4 Å². The molecule has 0 N–H and O–H groups in total. The monoisotopic (exact) mass is 739 g/mol. The summed E-state index contributed by atoms with van der Waals surface area (Å²) in [5.74, 6) is 0. The number of para-hydroxylation sites is 2. The van der Waals surface area contributed by atoms with E-state index >= 15 is 0 Å². The predicted molar refractivity (Wildman–Crippen MR) is 245 cm³/mol. The van der Waals surface area contributed by atoms with E-state index in [4.69, 9.17) is 4.42 Å². The summed E-state index contributed by atoms with van der Waals surface area (Å²) in [6.07, 6.45) is 0. The molecular weight excluding hydrogens is 703 g/mol. The molecule has 0 saturated carbocycles. The summed E-state index contributed by atoms with van der Waals surface area (Å²) in [6, 6.07) is 80.6. The smallest absolute Gasteiger partial charge is 0.143 e. The number of rotatable bonds is 7. The third kappa shape index (κ3) is 5.82. The van der Waals surface area contributed by atoms with Crippen LogP contribution in [0.15, 0.2) is 229 Å². The van der Waals surface area contributed by atoms with Crippen LogP contribution in [0.5, 0.6) is 0 Å². The van der Waals surface area contributed by atoms with Crippen LogP contribution in [-0.4, -0.2) is 0 Å². The minimum absolute atomic E-state index is 0.880. The van der Waals surface area contributed by atoms with Gasteiger partial charge in [0, 0.05) is 33.0 Å². The van der Waals surface area contributed by atoms with Crippen LogP contribution in [0.4, 0.5) is 17.1 Å². The fourth-order valence-electron chi connectivity index (χ4n) is 8.64. The second-order valence-electron chi connectivity index (χ2n) is 14.9. The summed E-state index contributed by atoms with van der Waals surface area (Å²) < 4.78 is 6.67. The van der Waals surface area contributed by atoms with E-state index in [2.05, 4.69) is 229 Å². The van der Waals surface area contributed by atoms with E-state index in [1.165, 1.54) is 44.0 Å². The first kappa shape index (κ1) is 33.6. The molecule has 0 atom stereocenters. The molecule has 1 heterocycles. The van der Waals surface area contributed by atoms with Gasteiger partial charge in [-0.25, -0.2) is 0 Å². The van der Waals surface area contributed by atoms with Gasteiger partial charge < -0.3 is 9.32 Å². The van der Waals surface area contributed by atoms with Crippen molar-refractivity contribution in [3.63, 3.8) is 0 Å². The molecule has 11 aromatic rings. The zero-order chi connectivity index (χ0) is 38.4.